The average molecular weight is 286 g/mol. The third-order valence-electron chi connectivity index (χ3n) is 3.30. The molecule has 0 aliphatic carbocycles. The fourth-order valence-corrected chi connectivity index (χ4v) is 2.06. The van der Waals surface area contributed by atoms with Crippen molar-refractivity contribution >= 4 is 11.7 Å². The van der Waals surface area contributed by atoms with Crippen molar-refractivity contribution in [3.8, 4) is 0 Å². The Morgan fingerprint density at radius 1 is 1.38 bits per heavy atom. The molecule has 0 aliphatic heterocycles. The van der Waals surface area contributed by atoms with Crippen LogP contribution in [0.4, 0.5) is 5.82 Å². The molecule has 7 heteroatoms. The van der Waals surface area contributed by atoms with Crippen LogP contribution in [0.1, 0.15) is 22.4 Å². The minimum absolute atomic E-state index is 0.0264. The maximum absolute atomic E-state index is 8.99. The lowest BCUT2D eigenvalue weighted by atomic mass is 10.1. The van der Waals surface area contributed by atoms with Gasteiger partial charge in [0.15, 0.2) is 11.7 Å². The van der Waals surface area contributed by atoms with Crippen LogP contribution < -0.4 is 10.6 Å². The second-order valence-electron chi connectivity index (χ2n) is 4.81. The lowest BCUT2D eigenvalue weighted by Crippen LogP contribution is -2.26. The van der Waals surface area contributed by atoms with Gasteiger partial charge >= 0.3 is 0 Å². The van der Waals surface area contributed by atoms with E-state index in [1.807, 2.05) is 37.9 Å². The summed E-state index contributed by atoms with van der Waals surface area (Å²) >= 11 is 0. The highest BCUT2D eigenvalue weighted by atomic mass is 16.4. The highest BCUT2D eigenvalue weighted by molar-refractivity contribution is 6.02. The summed E-state index contributed by atoms with van der Waals surface area (Å²) < 4.78 is 0. The summed E-state index contributed by atoms with van der Waals surface area (Å²) in [6.07, 6.45) is 3.51. The Bertz CT molecular complexity index is 656. The highest BCUT2D eigenvalue weighted by Gasteiger charge is 2.18. The van der Waals surface area contributed by atoms with Crippen LogP contribution in [0.15, 0.2) is 29.7 Å². The number of amidine groups is 1. The molecule has 3 N–H and O–H groups in total. The second-order valence-corrected chi connectivity index (χ2v) is 4.81. The number of hydrogen-bond acceptors (Lipinski definition) is 6. The minimum atomic E-state index is 0.0264. The molecule has 2 heterocycles. The molecule has 2 aromatic heterocycles. The van der Waals surface area contributed by atoms with Crippen LogP contribution in [0.2, 0.25) is 0 Å². The SMILES string of the molecule is Cc1nnc(N(C)Cc2cccnc2)c(/C(N)=N/O)c1C. The van der Waals surface area contributed by atoms with E-state index < -0.39 is 0 Å². The van der Waals surface area contributed by atoms with Crippen LogP contribution in [0.5, 0.6) is 0 Å². The van der Waals surface area contributed by atoms with Gasteiger partial charge in [-0.2, -0.15) is 5.10 Å². The van der Waals surface area contributed by atoms with E-state index >= 15 is 0 Å². The molecule has 0 aromatic carbocycles. The molecule has 0 atom stereocenters. The van der Waals surface area contributed by atoms with Gasteiger partial charge in [-0.05, 0) is 31.0 Å². The number of aryl methyl sites for hydroxylation is 1. The Kier molecular flexibility index (Phi) is 4.32. The third-order valence-corrected chi connectivity index (χ3v) is 3.30. The summed E-state index contributed by atoms with van der Waals surface area (Å²) in [5.41, 5.74) is 9.00. The number of nitrogens with two attached hydrogens (primary N) is 1. The van der Waals surface area contributed by atoms with Crippen molar-refractivity contribution in [1.29, 1.82) is 0 Å². The van der Waals surface area contributed by atoms with Gasteiger partial charge in [0.25, 0.3) is 0 Å². The predicted octanol–water partition coefficient (Wildman–Crippen LogP) is 1.22. The van der Waals surface area contributed by atoms with Crippen molar-refractivity contribution in [3.05, 3.63) is 46.9 Å². The number of aromatic nitrogens is 3. The van der Waals surface area contributed by atoms with Gasteiger partial charge < -0.3 is 15.8 Å². The van der Waals surface area contributed by atoms with Gasteiger partial charge in [-0.15, -0.1) is 5.10 Å². The van der Waals surface area contributed by atoms with Crippen LogP contribution in [0.25, 0.3) is 0 Å². The van der Waals surface area contributed by atoms with E-state index in [1.54, 1.807) is 12.4 Å². The zero-order chi connectivity index (χ0) is 15.4. The molecule has 110 valence electrons. The first-order valence-electron chi connectivity index (χ1n) is 6.46. The fourth-order valence-electron chi connectivity index (χ4n) is 2.06. The van der Waals surface area contributed by atoms with Crippen LogP contribution in [-0.2, 0) is 6.54 Å². The lowest BCUT2D eigenvalue weighted by molar-refractivity contribution is 0.318. The second kappa shape index (κ2) is 6.17. The summed E-state index contributed by atoms with van der Waals surface area (Å²) in [7, 11) is 1.87. The standard InChI is InChI=1S/C14H18N6O/c1-9-10(2)17-18-14(12(9)13(15)19-21)20(3)8-11-5-4-6-16-7-11/h4-7,21H,8H2,1-3H3,(H2,15,19). The van der Waals surface area contributed by atoms with Gasteiger partial charge in [-0.3, -0.25) is 4.98 Å². The van der Waals surface area contributed by atoms with E-state index in [9.17, 15) is 0 Å². The Hall–Kier alpha value is -2.70. The van der Waals surface area contributed by atoms with Crippen molar-refractivity contribution in [1.82, 2.24) is 15.2 Å². The van der Waals surface area contributed by atoms with E-state index in [2.05, 4.69) is 20.3 Å². The summed E-state index contributed by atoms with van der Waals surface area (Å²) in [6.45, 7) is 4.30. The van der Waals surface area contributed by atoms with Gasteiger partial charge in [0, 0.05) is 26.0 Å². The van der Waals surface area contributed by atoms with E-state index in [1.165, 1.54) is 0 Å². The number of pyridine rings is 1. The maximum Gasteiger partial charge on any atom is 0.174 e. The summed E-state index contributed by atoms with van der Waals surface area (Å²) in [4.78, 5) is 5.98. The van der Waals surface area contributed by atoms with Crippen molar-refractivity contribution in [3.63, 3.8) is 0 Å². The first-order valence-corrected chi connectivity index (χ1v) is 6.46. The average Bonchev–Trinajstić information content (AvgIpc) is 2.50. The molecule has 0 saturated carbocycles. The number of anilines is 1. The van der Waals surface area contributed by atoms with E-state index in [-0.39, 0.29) is 5.84 Å². The monoisotopic (exact) mass is 286 g/mol. The molecule has 2 rings (SSSR count). The maximum atomic E-state index is 8.99. The fraction of sp³-hybridized carbons (Fsp3) is 0.286. The number of nitrogens with zero attached hydrogens (tertiary/aromatic N) is 5. The zero-order valence-corrected chi connectivity index (χ0v) is 12.3. The van der Waals surface area contributed by atoms with Crippen LogP contribution >= 0.6 is 0 Å². The normalized spacial score (nSPS) is 11.5. The zero-order valence-electron chi connectivity index (χ0n) is 12.3. The number of hydrogen-bond donors (Lipinski definition) is 2. The van der Waals surface area contributed by atoms with Crippen molar-refractivity contribution in [2.45, 2.75) is 20.4 Å². The summed E-state index contributed by atoms with van der Waals surface area (Å²) in [5.74, 6) is 0.593. The Balaban J connectivity index is 2.41. The van der Waals surface area contributed by atoms with Gasteiger partial charge in [0.2, 0.25) is 0 Å². The van der Waals surface area contributed by atoms with Crippen molar-refractivity contribution in [2.75, 3.05) is 11.9 Å². The first kappa shape index (κ1) is 14.7. The highest BCUT2D eigenvalue weighted by Crippen LogP contribution is 2.22. The quantitative estimate of drug-likeness (QED) is 0.379. The largest absolute Gasteiger partial charge is 0.409 e. The van der Waals surface area contributed by atoms with Gasteiger partial charge in [0.05, 0.1) is 11.3 Å². The Morgan fingerprint density at radius 3 is 2.76 bits per heavy atom. The van der Waals surface area contributed by atoms with E-state index in [4.69, 9.17) is 10.9 Å². The molecule has 0 saturated heterocycles. The Labute approximate surface area is 123 Å². The molecule has 0 spiro atoms. The van der Waals surface area contributed by atoms with Gasteiger partial charge in [-0.25, -0.2) is 0 Å². The Morgan fingerprint density at radius 2 is 2.14 bits per heavy atom. The summed E-state index contributed by atoms with van der Waals surface area (Å²) in [5, 5.41) is 20.4. The van der Waals surface area contributed by atoms with E-state index in [0.717, 1.165) is 16.8 Å². The third kappa shape index (κ3) is 3.07. The van der Waals surface area contributed by atoms with Crippen molar-refractivity contribution in [2.24, 2.45) is 10.9 Å². The molecule has 21 heavy (non-hydrogen) atoms. The van der Waals surface area contributed by atoms with Gasteiger partial charge in [0.1, 0.15) is 0 Å². The molecular weight excluding hydrogens is 268 g/mol. The minimum Gasteiger partial charge on any atom is -0.409 e. The van der Waals surface area contributed by atoms with Crippen LogP contribution in [0, 0.1) is 13.8 Å². The molecule has 0 aliphatic rings. The number of rotatable bonds is 4. The molecule has 0 radical (unpaired) electrons. The lowest BCUT2D eigenvalue weighted by Gasteiger charge is -2.21. The molecule has 0 amide bonds. The molecule has 2 aromatic rings. The molecular formula is C14H18N6O. The predicted molar refractivity (Wildman–Crippen MR) is 80.4 cm³/mol. The van der Waals surface area contributed by atoms with Crippen molar-refractivity contribution < 1.29 is 5.21 Å². The molecule has 0 fully saturated rings. The van der Waals surface area contributed by atoms with Crippen LogP contribution in [0.3, 0.4) is 0 Å². The molecule has 7 nitrogen and oxygen atoms in total. The van der Waals surface area contributed by atoms with E-state index in [0.29, 0.717) is 17.9 Å². The van der Waals surface area contributed by atoms with Crippen LogP contribution in [-0.4, -0.2) is 33.3 Å². The smallest absolute Gasteiger partial charge is 0.174 e. The molecule has 0 bridgehead atoms. The summed E-state index contributed by atoms with van der Waals surface area (Å²) in [6, 6.07) is 3.85. The first-order chi connectivity index (χ1) is 10.0. The topological polar surface area (TPSA) is 101 Å². The number of oxime groups is 1. The van der Waals surface area contributed by atoms with Gasteiger partial charge in [-0.1, -0.05) is 11.2 Å². The molecule has 0 unspecified atom stereocenters.